The van der Waals surface area contributed by atoms with Gasteiger partial charge in [0, 0.05) is 46.9 Å². The minimum absolute atomic E-state index is 0.492. The van der Waals surface area contributed by atoms with Gasteiger partial charge in [-0.2, -0.15) is 10.5 Å². The first-order chi connectivity index (χ1) is 13.8. The number of hydrogen-bond donors (Lipinski definition) is 1. The number of benzene rings is 1. The minimum Gasteiger partial charge on any atom is -0.454 e. The van der Waals surface area contributed by atoms with Crippen LogP contribution in [0.4, 0.5) is 0 Å². The Hall–Kier alpha value is -4.38. The van der Waals surface area contributed by atoms with Crippen molar-refractivity contribution < 1.29 is 4.42 Å². The second kappa shape index (κ2) is 6.41. The molecule has 132 valence electrons. The van der Waals surface area contributed by atoms with E-state index in [1.165, 1.54) is 6.20 Å². The van der Waals surface area contributed by atoms with Gasteiger partial charge in [0.25, 0.3) is 0 Å². The van der Waals surface area contributed by atoms with E-state index in [4.69, 9.17) is 9.68 Å². The highest BCUT2D eigenvalue weighted by molar-refractivity contribution is 5.92. The van der Waals surface area contributed by atoms with E-state index in [2.05, 4.69) is 36.7 Å². The zero-order valence-corrected chi connectivity index (χ0v) is 14.4. The number of fused-ring (bicyclic) bond motifs is 1. The molecular weight excluding hydrogens is 354 g/mol. The number of pyridine rings is 2. The Morgan fingerprint density at radius 1 is 0.964 bits per heavy atom. The number of nitrogens with one attached hydrogen (secondary N) is 1. The maximum atomic E-state index is 9.13. The van der Waals surface area contributed by atoms with E-state index < -0.39 is 0 Å². The molecule has 5 rings (SSSR count). The number of aromatic amines is 1. The van der Waals surface area contributed by atoms with Crippen LogP contribution in [0.2, 0.25) is 0 Å². The number of nitriles is 1. The van der Waals surface area contributed by atoms with Crippen LogP contribution in [0, 0.1) is 11.3 Å². The predicted molar refractivity (Wildman–Crippen MR) is 101 cm³/mol. The summed E-state index contributed by atoms with van der Waals surface area (Å²) in [6.07, 6.45) is 4.95. The van der Waals surface area contributed by atoms with Crippen molar-refractivity contribution in [3.63, 3.8) is 0 Å². The van der Waals surface area contributed by atoms with Crippen molar-refractivity contribution in [3.8, 4) is 39.9 Å². The molecule has 0 amide bonds. The third kappa shape index (κ3) is 2.68. The van der Waals surface area contributed by atoms with Gasteiger partial charge < -0.3 is 4.42 Å². The fourth-order valence-corrected chi connectivity index (χ4v) is 3.02. The maximum Gasteiger partial charge on any atom is 0.204 e. The average Bonchev–Trinajstić information content (AvgIpc) is 3.43. The molecule has 4 aromatic heterocycles. The van der Waals surface area contributed by atoms with E-state index in [1.807, 2.05) is 36.4 Å². The van der Waals surface area contributed by atoms with Crippen molar-refractivity contribution in [2.75, 3.05) is 0 Å². The molecule has 0 fully saturated rings. The van der Waals surface area contributed by atoms with Crippen molar-refractivity contribution >= 4 is 11.1 Å². The summed E-state index contributed by atoms with van der Waals surface area (Å²) >= 11 is 0. The Morgan fingerprint density at radius 3 is 2.61 bits per heavy atom. The SMILES string of the molecule is N#Cc1cncc(-c2ccnc3cc(-c4ccc(-c5nn[nH]n5)cc4)oc23)c1. The van der Waals surface area contributed by atoms with Crippen LogP contribution in [-0.4, -0.2) is 30.6 Å². The average molecular weight is 365 g/mol. The van der Waals surface area contributed by atoms with Gasteiger partial charge in [-0.1, -0.05) is 24.3 Å². The Morgan fingerprint density at radius 2 is 1.82 bits per heavy atom. The first kappa shape index (κ1) is 15.8. The highest BCUT2D eigenvalue weighted by Gasteiger charge is 2.13. The number of furan rings is 1. The van der Waals surface area contributed by atoms with Crippen LogP contribution < -0.4 is 0 Å². The van der Waals surface area contributed by atoms with Crippen LogP contribution in [0.1, 0.15) is 5.56 Å². The van der Waals surface area contributed by atoms with Gasteiger partial charge in [0.05, 0.1) is 5.56 Å². The van der Waals surface area contributed by atoms with E-state index in [-0.39, 0.29) is 0 Å². The Bertz CT molecular complexity index is 1320. The largest absolute Gasteiger partial charge is 0.454 e. The van der Waals surface area contributed by atoms with Gasteiger partial charge in [0.1, 0.15) is 17.3 Å². The molecule has 0 bridgehead atoms. The number of hydrogen-bond acceptors (Lipinski definition) is 7. The molecule has 4 heterocycles. The van der Waals surface area contributed by atoms with E-state index in [9.17, 15) is 0 Å². The van der Waals surface area contributed by atoms with Crippen LogP contribution in [0.15, 0.2) is 65.5 Å². The van der Waals surface area contributed by atoms with Gasteiger partial charge in [-0.05, 0) is 17.3 Å². The molecule has 0 aliphatic heterocycles. The summed E-state index contributed by atoms with van der Waals surface area (Å²) in [6, 6.07) is 15.3. The molecule has 0 spiro atoms. The van der Waals surface area contributed by atoms with Crippen LogP contribution >= 0.6 is 0 Å². The summed E-state index contributed by atoms with van der Waals surface area (Å²) in [5.74, 6) is 1.23. The third-order valence-corrected chi connectivity index (χ3v) is 4.36. The van der Waals surface area contributed by atoms with Crippen molar-refractivity contribution in [3.05, 3.63) is 66.6 Å². The molecule has 0 saturated heterocycles. The van der Waals surface area contributed by atoms with Gasteiger partial charge in [0.2, 0.25) is 5.82 Å². The van der Waals surface area contributed by atoms with E-state index in [0.29, 0.717) is 22.7 Å². The topological polar surface area (TPSA) is 117 Å². The number of aromatic nitrogens is 6. The molecule has 0 aliphatic carbocycles. The monoisotopic (exact) mass is 365 g/mol. The lowest BCUT2D eigenvalue weighted by molar-refractivity contribution is 0.632. The second-order valence-corrected chi connectivity index (χ2v) is 6.07. The van der Waals surface area contributed by atoms with Gasteiger partial charge >= 0.3 is 0 Å². The highest BCUT2D eigenvalue weighted by atomic mass is 16.3. The van der Waals surface area contributed by atoms with Gasteiger partial charge in [-0.25, -0.2) is 0 Å². The van der Waals surface area contributed by atoms with Gasteiger partial charge in [-0.15, -0.1) is 10.2 Å². The first-order valence-electron chi connectivity index (χ1n) is 8.40. The predicted octanol–water partition coefficient (Wildman–Crippen LogP) is 3.61. The van der Waals surface area contributed by atoms with E-state index in [0.717, 1.165) is 27.8 Å². The lowest BCUT2D eigenvalue weighted by Crippen LogP contribution is -1.84. The number of nitrogens with zero attached hydrogens (tertiary/aromatic N) is 6. The zero-order valence-electron chi connectivity index (χ0n) is 14.4. The Labute approximate surface area is 158 Å². The quantitative estimate of drug-likeness (QED) is 0.519. The van der Waals surface area contributed by atoms with Crippen molar-refractivity contribution in [2.24, 2.45) is 0 Å². The third-order valence-electron chi connectivity index (χ3n) is 4.36. The Balaban J connectivity index is 1.58. The maximum absolute atomic E-state index is 9.13. The molecule has 8 heteroatoms. The van der Waals surface area contributed by atoms with Crippen molar-refractivity contribution in [1.82, 2.24) is 30.6 Å². The Kier molecular flexibility index (Phi) is 3.63. The fourth-order valence-electron chi connectivity index (χ4n) is 3.02. The molecule has 0 atom stereocenters. The summed E-state index contributed by atoms with van der Waals surface area (Å²) in [5.41, 5.74) is 5.27. The minimum atomic E-state index is 0.492. The highest BCUT2D eigenvalue weighted by Crippen LogP contribution is 2.34. The van der Waals surface area contributed by atoms with Gasteiger partial charge in [0.15, 0.2) is 5.58 Å². The normalized spacial score (nSPS) is 10.8. The van der Waals surface area contributed by atoms with E-state index >= 15 is 0 Å². The number of tetrazole rings is 1. The summed E-state index contributed by atoms with van der Waals surface area (Å²) in [5, 5.41) is 23.1. The molecular formula is C20H11N7O. The fraction of sp³-hybridized carbons (Fsp3) is 0. The van der Waals surface area contributed by atoms with Crippen LogP contribution in [0.25, 0.3) is 44.9 Å². The van der Waals surface area contributed by atoms with Crippen LogP contribution in [-0.2, 0) is 0 Å². The summed E-state index contributed by atoms with van der Waals surface area (Å²) < 4.78 is 6.12. The molecule has 1 aromatic carbocycles. The molecule has 0 radical (unpaired) electrons. The zero-order chi connectivity index (χ0) is 18.9. The molecule has 8 nitrogen and oxygen atoms in total. The summed E-state index contributed by atoms with van der Waals surface area (Å²) in [7, 11) is 0. The molecule has 0 aliphatic rings. The number of H-pyrrole nitrogens is 1. The van der Waals surface area contributed by atoms with Crippen LogP contribution in [0.5, 0.6) is 0 Å². The van der Waals surface area contributed by atoms with E-state index in [1.54, 1.807) is 18.5 Å². The second-order valence-electron chi connectivity index (χ2n) is 6.07. The van der Waals surface area contributed by atoms with Gasteiger partial charge in [-0.3, -0.25) is 9.97 Å². The molecule has 0 unspecified atom stereocenters. The first-order valence-corrected chi connectivity index (χ1v) is 8.40. The molecule has 5 aromatic rings. The number of rotatable bonds is 3. The lowest BCUT2D eigenvalue weighted by atomic mass is 10.1. The lowest BCUT2D eigenvalue weighted by Gasteiger charge is -2.02. The smallest absolute Gasteiger partial charge is 0.204 e. The van der Waals surface area contributed by atoms with Crippen LogP contribution in [0.3, 0.4) is 0 Å². The molecule has 28 heavy (non-hydrogen) atoms. The van der Waals surface area contributed by atoms with Crippen molar-refractivity contribution in [1.29, 1.82) is 5.26 Å². The standard InChI is InChI=1S/C20H11N7O/c21-9-12-7-15(11-22-10-12)16-5-6-23-17-8-18(28-19(16)17)13-1-3-14(4-2-13)20-24-26-27-25-20/h1-8,10-11H,(H,24,25,26,27). The summed E-state index contributed by atoms with van der Waals surface area (Å²) in [6.45, 7) is 0. The molecule has 1 N–H and O–H groups in total. The summed E-state index contributed by atoms with van der Waals surface area (Å²) in [4.78, 5) is 8.54. The molecule has 0 saturated carbocycles. The van der Waals surface area contributed by atoms with Crippen molar-refractivity contribution in [2.45, 2.75) is 0 Å².